The summed E-state index contributed by atoms with van der Waals surface area (Å²) < 4.78 is 39.1. The van der Waals surface area contributed by atoms with Gasteiger partial charge in [0.15, 0.2) is 5.76 Å². The zero-order valence-corrected chi connectivity index (χ0v) is 18.9. The van der Waals surface area contributed by atoms with Crippen molar-refractivity contribution in [3.8, 4) is 17.0 Å². The van der Waals surface area contributed by atoms with Crippen LogP contribution in [0.25, 0.3) is 11.3 Å². The molecule has 0 unspecified atom stereocenters. The second-order valence-corrected chi connectivity index (χ2v) is 9.99. The molecule has 3 heterocycles. The highest BCUT2D eigenvalue weighted by atomic mass is 32.2. The number of furan rings is 1. The molecule has 3 aromatic rings. The molecule has 0 atom stereocenters. The van der Waals surface area contributed by atoms with Gasteiger partial charge in [0.2, 0.25) is 10.0 Å². The molecule has 8 nitrogen and oxygen atoms in total. The number of hydrogen-bond donors (Lipinski definition) is 0. The van der Waals surface area contributed by atoms with Crippen LogP contribution in [-0.4, -0.2) is 61.3 Å². The fourth-order valence-corrected chi connectivity index (χ4v) is 5.67. The maximum Gasteiger partial charge on any atom is 0.289 e. The first kappa shape index (κ1) is 21.5. The molecule has 4 rings (SSSR count). The zero-order chi connectivity index (χ0) is 22.0. The van der Waals surface area contributed by atoms with Crippen LogP contribution in [0.4, 0.5) is 0 Å². The van der Waals surface area contributed by atoms with Crippen molar-refractivity contribution in [2.24, 2.45) is 0 Å². The van der Waals surface area contributed by atoms with Crippen molar-refractivity contribution in [1.82, 2.24) is 14.2 Å². The number of rotatable bonds is 6. The fourth-order valence-electron chi connectivity index (χ4n) is 3.47. The first-order chi connectivity index (χ1) is 14.9. The average Bonchev–Trinajstić information content (AvgIpc) is 3.46. The highest BCUT2D eigenvalue weighted by Crippen LogP contribution is 2.33. The van der Waals surface area contributed by atoms with Crippen molar-refractivity contribution < 1.29 is 22.4 Å². The Morgan fingerprint density at radius 3 is 2.61 bits per heavy atom. The SMILES string of the molecule is CCOc1ccc(-c2csc(C)n2)cc1S(=O)(=O)N1CCN(C(=O)c2ccco2)CC1. The number of carbonyl (C=O) groups is 1. The van der Waals surface area contributed by atoms with Crippen LogP contribution in [0.5, 0.6) is 5.75 Å². The Balaban J connectivity index is 1.58. The van der Waals surface area contributed by atoms with Gasteiger partial charge in [-0.25, -0.2) is 13.4 Å². The number of aryl methyl sites for hydroxylation is 1. The van der Waals surface area contributed by atoms with Gasteiger partial charge in [0.05, 0.1) is 23.6 Å². The number of amides is 1. The van der Waals surface area contributed by atoms with Crippen LogP contribution in [0.2, 0.25) is 0 Å². The number of nitrogens with zero attached hydrogens (tertiary/aromatic N) is 3. The van der Waals surface area contributed by atoms with E-state index in [2.05, 4.69) is 4.98 Å². The summed E-state index contributed by atoms with van der Waals surface area (Å²) in [7, 11) is -3.82. The van der Waals surface area contributed by atoms with E-state index in [4.69, 9.17) is 9.15 Å². The lowest BCUT2D eigenvalue weighted by Gasteiger charge is -2.33. The summed E-state index contributed by atoms with van der Waals surface area (Å²) in [5.74, 6) is 0.325. The molecule has 1 aromatic carbocycles. The van der Waals surface area contributed by atoms with Crippen molar-refractivity contribution in [1.29, 1.82) is 0 Å². The Morgan fingerprint density at radius 2 is 2.00 bits per heavy atom. The molecule has 1 saturated heterocycles. The van der Waals surface area contributed by atoms with Crippen molar-refractivity contribution >= 4 is 27.3 Å². The standard InChI is InChI=1S/C21H23N3O5S2/c1-3-28-18-7-6-16(17-14-30-15(2)22-17)13-20(18)31(26,27)24-10-8-23(9-11-24)21(25)19-5-4-12-29-19/h4-7,12-14H,3,8-11H2,1-2H3. The normalized spacial score (nSPS) is 15.2. The van der Waals surface area contributed by atoms with Crippen LogP contribution in [0.1, 0.15) is 22.5 Å². The smallest absolute Gasteiger partial charge is 0.289 e. The van der Waals surface area contributed by atoms with Crippen LogP contribution in [0, 0.1) is 6.92 Å². The van der Waals surface area contributed by atoms with Crippen molar-refractivity contribution in [3.63, 3.8) is 0 Å². The predicted octanol–water partition coefficient (Wildman–Crippen LogP) is 3.26. The quantitative estimate of drug-likeness (QED) is 0.559. The van der Waals surface area contributed by atoms with Gasteiger partial charge in [0.25, 0.3) is 5.91 Å². The number of piperazine rings is 1. The van der Waals surface area contributed by atoms with E-state index in [1.54, 1.807) is 29.2 Å². The van der Waals surface area contributed by atoms with E-state index in [0.717, 1.165) is 16.3 Å². The lowest BCUT2D eigenvalue weighted by molar-refractivity contribution is 0.0666. The number of ether oxygens (including phenoxy) is 1. The van der Waals surface area contributed by atoms with Gasteiger partial charge >= 0.3 is 0 Å². The summed E-state index contributed by atoms with van der Waals surface area (Å²) in [5.41, 5.74) is 1.45. The van der Waals surface area contributed by atoms with Gasteiger partial charge < -0.3 is 14.1 Å². The van der Waals surface area contributed by atoms with Gasteiger partial charge in [0.1, 0.15) is 10.6 Å². The molecule has 0 N–H and O–H groups in total. The van der Waals surface area contributed by atoms with Crippen molar-refractivity contribution in [3.05, 3.63) is 52.7 Å². The molecular weight excluding hydrogens is 438 g/mol. The van der Waals surface area contributed by atoms with Crippen LogP contribution in [0.3, 0.4) is 0 Å². The maximum absolute atomic E-state index is 13.5. The summed E-state index contributed by atoms with van der Waals surface area (Å²) in [5, 5.41) is 2.81. The predicted molar refractivity (Wildman–Crippen MR) is 117 cm³/mol. The molecule has 1 aliphatic heterocycles. The average molecular weight is 462 g/mol. The largest absolute Gasteiger partial charge is 0.492 e. The number of sulfonamides is 1. The second-order valence-electron chi connectivity index (χ2n) is 7.02. The Bertz CT molecular complexity index is 1160. The lowest BCUT2D eigenvalue weighted by atomic mass is 10.2. The topological polar surface area (TPSA) is 93.0 Å². The minimum atomic E-state index is -3.82. The third-order valence-corrected chi connectivity index (χ3v) is 7.73. The highest BCUT2D eigenvalue weighted by molar-refractivity contribution is 7.89. The van der Waals surface area contributed by atoms with Gasteiger partial charge in [-0.15, -0.1) is 11.3 Å². The number of carbonyl (C=O) groups excluding carboxylic acids is 1. The Hall–Kier alpha value is -2.69. The van der Waals surface area contributed by atoms with E-state index < -0.39 is 10.0 Å². The Labute approximate surface area is 185 Å². The summed E-state index contributed by atoms with van der Waals surface area (Å²) >= 11 is 1.51. The molecule has 10 heteroatoms. The van der Waals surface area contributed by atoms with Crippen LogP contribution < -0.4 is 4.74 Å². The summed E-state index contributed by atoms with van der Waals surface area (Å²) in [6, 6.07) is 8.37. The highest BCUT2D eigenvalue weighted by Gasteiger charge is 2.33. The third kappa shape index (κ3) is 4.36. The third-order valence-electron chi connectivity index (χ3n) is 5.03. The Morgan fingerprint density at radius 1 is 1.23 bits per heavy atom. The van der Waals surface area contributed by atoms with E-state index in [0.29, 0.717) is 12.4 Å². The number of benzene rings is 1. The maximum atomic E-state index is 13.5. The van der Waals surface area contributed by atoms with Crippen molar-refractivity contribution in [2.45, 2.75) is 18.7 Å². The van der Waals surface area contributed by atoms with E-state index in [1.165, 1.54) is 21.9 Å². The van der Waals surface area contributed by atoms with Gasteiger partial charge in [0, 0.05) is 37.1 Å². The van der Waals surface area contributed by atoms with Gasteiger partial charge in [-0.3, -0.25) is 4.79 Å². The van der Waals surface area contributed by atoms with E-state index >= 15 is 0 Å². The van der Waals surface area contributed by atoms with E-state index in [9.17, 15) is 13.2 Å². The van der Waals surface area contributed by atoms with Gasteiger partial charge in [-0.1, -0.05) is 0 Å². The van der Waals surface area contributed by atoms with Crippen LogP contribution >= 0.6 is 11.3 Å². The molecule has 0 spiro atoms. The first-order valence-electron chi connectivity index (χ1n) is 9.92. The lowest BCUT2D eigenvalue weighted by Crippen LogP contribution is -2.50. The first-order valence-corrected chi connectivity index (χ1v) is 12.2. The minimum Gasteiger partial charge on any atom is -0.492 e. The zero-order valence-electron chi connectivity index (χ0n) is 17.3. The molecule has 31 heavy (non-hydrogen) atoms. The van der Waals surface area contributed by atoms with Crippen molar-refractivity contribution in [2.75, 3.05) is 32.8 Å². The molecule has 0 aliphatic carbocycles. The molecule has 0 bridgehead atoms. The van der Waals surface area contributed by atoms with Crippen LogP contribution in [-0.2, 0) is 10.0 Å². The molecular formula is C21H23N3O5S2. The molecule has 1 amide bonds. The minimum absolute atomic E-state index is 0.114. The molecule has 164 valence electrons. The Kier molecular flexibility index (Phi) is 6.12. The summed E-state index contributed by atoms with van der Waals surface area (Å²) in [4.78, 5) is 18.6. The fraction of sp³-hybridized carbons (Fsp3) is 0.333. The molecule has 0 saturated carbocycles. The van der Waals surface area contributed by atoms with Gasteiger partial charge in [-0.05, 0) is 44.2 Å². The molecule has 1 aliphatic rings. The molecule has 0 radical (unpaired) electrons. The molecule has 2 aromatic heterocycles. The molecule has 1 fully saturated rings. The van der Waals surface area contributed by atoms with E-state index in [1.807, 2.05) is 25.3 Å². The monoisotopic (exact) mass is 461 g/mol. The number of hydrogen-bond acceptors (Lipinski definition) is 7. The second kappa shape index (κ2) is 8.81. The number of aromatic nitrogens is 1. The van der Waals surface area contributed by atoms with Gasteiger partial charge in [-0.2, -0.15) is 4.31 Å². The number of thiazole rings is 1. The summed E-state index contributed by atoms with van der Waals surface area (Å²) in [6.07, 6.45) is 1.44. The van der Waals surface area contributed by atoms with E-state index in [-0.39, 0.29) is 42.7 Å². The van der Waals surface area contributed by atoms with Crippen LogP contribution in [0.15, 0.2) is 51.3 Å². The summed E-state index contributed by atoms with van der Waals surface area (Å²) in [6.45, 7) is 5.03.